The third-order valence-corrected chi connectivity index (χ3v) is 3.42. The molecule has 2 rings (SSSR count). The van der Waals surface area contributed by atoms with Crippen LogP contribution in [0.2, 0.25) is 0 Å². The maximum absolute atomic E-state index is 9.18. The van der Waals surface area contributed by atoms with Crippen molar-refractivity contribution in [2.24, 2.45) is 0 Å². The van der Waals surface area contributed by atoms with Crippen LogP contribution in [-0.2, 0) is 0 Å². The first kappa shape index (κ1) is 14.0. The third-order valence-electron chi connectivity index (χ3n) is 2.73. The summed E-state index contributed by atoms with van der Waals surface area (Å²) in [6.45, 7) is 0. The van der Waals surface area contributed by atoms with E-state index in [1.54, 1.807) is 37.8 Å². The fraction of sp³-hybridized carbons (Fsp3) is 0.133. The Morgan fingerprint density at radius 2 is 2.15 bits per heavy atom. The minimum absolute atomic E-state index is 0.573. The number of rotatable bonds is 5. The molecule has 0 fully saturated rings. The summed E-state index contributed by atoms with van der Waals surface area (Å²) >= 11 is 1.56. The third kappa shape index (κ3) is 3.11. The molecule has 0 amide bonds. The monoisotopic (exact) mass is 286 g/mol. The lowest BCUT2D eigenvalue weighted by atomic mass is 10.2. The second-order valence-electron chi connectivity index (χ2n) is 3.89. The van der Waals surface area contributed by atoms with Gasteiger partial charge in [0.05, 0.1) is 25.5 Å². The zero-order valence-electron chi connectivity index (χ0n) is 11.2. The van der Waals surface area contributed by atoms with Crippen LogP contribution in [0.15, 0.2) is 41.2 Å². The number of hydrogen-bond acceptors (Lipinski definition) is 5. The van der Waals surface area contributed by atoms with Gasteiger partial charge in [0.15, 0.2) is 0 Å². The van der Waals surface area contributed by atoms with E-state index >= 15 is 0 Å². The van der Waals surface area contributed by atoms with Crippen LogP contribution < -0.4 is 14.8 Å². The van der Waals surface area contributed by atoms with E-state index in [4.69, 9.17) is 9.47 Å². The predicted molar refractivity (Wildman–Crippen MR) is 81.1 cm³/mol. The molecule has 1 aromatic carbocycles. The highest BCUT2D eigenvalue weighted by atomic mass is 32.1. The van der Waals surface area contributed by atoms with Crippen molar-refractivity contribution < 1.29 is 9.47 Å². The van der Waals surface area contributed by atoms with Crippen molar-refractivity contribution >= 4 is 22.6 Å². The molecule has 0 aliphatic carbocycles. The zero-order valence-corrected chi connectivity index (χ0v) is 12.0. The number of nitrogens with zero attached hydrogens (tertiary/aromatic N) is 1. The topological polar surface area (TPSA) is 54.3 Å². The van der Waals surface area contributed by atoms with Crippen LogP contribution in [-0.4, -0.2) is 14.2 Å². The molecule has 0 aliphatic rings. The molecule has 102 valence electrons. The average Bonchev–Trinajstić information content (AvgIpc) is 3.02. The van der Waals surface area contributed by atoms with E-state index in [1.165, 1.54) is 0 Å². The second kappa shape index (κ2) is 6.64. The quantitative estimate of drug-likeness (QED) is 0.851. The number of nitriles is 1. The van der Waals surface area contributed by atoms with Crippen molar-refractivity contribution in [1.82, 2.24) is 0 Å². The van der Waals surface area contributed by atoms with E-state index in [0.29, 0.717) is 11.3 Å². The Kier molecular flexibility index (Phi) is 4.64. The van der Waals surface area contributed by atoms with E-state index in [0.717, 1.165) is 17.0 Å². The van der Waals surface area contributed by atoms with Gasteiger partial charge in [-0.25, -0.2) is 0 Å². The first-order valence-electron chi connectivity index (χ1n) is 5.90. The van der Waals surface area contributed by atoms with Crippen molar-refractivity contribution in [3.05, 3.63) is 46.8 Å². The van der Waals surface area contributed by atoms with Crippen LogP contribution in [0.3, 0.4) is 0 Å². The number of hydrogen-bond donors (Lipinski definition) is 1. The number of thiophene rings is 1. The SMILES string of the molecule is COc1ccc(NC=C(C#N)c2ccsc2)c(OC)c1. The van der Waals surface area contributed by atoms with Gasteiger partial charge in [0, 0.05) is 17.8 Å². The van der Waals surface area contributed by atoms with Gasteiger partial charge in [-0.15, -0.1) is 0 Å². The first-order valence-corrected chi connectivity index (χ1v) is 6.84. The van der Waals surface area contributed by atoms with E-state index in [1.807, 2.05) is 29.0 Å². The van der Waals surface area contributed by atoms with Crippen molar-refractivity contribution in [3.63, 3.8) is 0 Å². The van der Waals surface area contributed by atoms with Gasteiger partial charge in [-0.05, 0) is 29.0 Å². The minimum atomic E-state index is 0.573. The number of anilines is 1. The summed E-state index contributed by atoms with van der Waals surface area (Å²) in [5, 5.41) is 16.1. The molecule has 1 N–H and O–H groups in total. The predicted octanol–water partition coefficient (Wildman–Crippen LogP) is 3.74. The molecule has 1 aromatic heterocycles. The lowest BCUT2D eigenvalue weighted by molar-refractivity contribution is 0.395. The normalized spacial score (nSPS) is 10.8. The number of nitrogens with one attached hydrogen (secondary N) is 1. The maximum Gasteiger partial charge on any atom is 0.145 e. The Balaban J connectivity index is 2.24. The van der Waals surface area contributed by atoms with Crippen molar-refractivity contribution in [1.29, 1.82) is 5.26 Å². The second-order valence-corrected chi connectivity index (χ2v) is 4.67. The summed E-state index contributed by atoms with van der Waals surface area (Å²) in [6, 6.07) is 9.54. The average molecular weight is 286 g/mol. The maximum atomic E-state index is 9.18. The van der Waals surface area contributed by atoms with E-state index in [-0.39, 0.29) is 0 Å². The van der Waals surface area contributed by atoms with Crippen molar-refractivity contribution in [2.75, 3.05) is 19.5 Å². The first-order chi connectivity index (χ1) is 9.78. The number of methoxy groups -OCH3 is 2. The summed E-state index contributed by atoms with van der Waals surface area (Å²) in [4.78, 5) is 0. The molecule has 0 aliphatic heterocycles. The van der Waals surface area contributed by atoms with Gasteiger partial charge >= 0.3 is 0 Å². The Morgan fingerprint density at radius 3 is 2.75 bits per heavy atom. The van der Waals surface area contributed by atoms with Gasteiger partial charge in [0.1, 0.15) is 17.6 Å². The van der Waals surface area contributed by atoms with Crippen LogP contribution in [0.1, 0.15) is 5.56 Å². The van der Waals surface area contributed by atoms with E-state index < -0.39 is 0 Å². The lowest BCUT2D eigenvalue weighted by Gasteiger charge is -2.10. The summed E-state index contributed by atoms with van der Waals surface area (Å²) in [5.41, 5.74) is 2.25. The molecule has 0 radical (unpaired) electrons. The Hall–Kier alpha value is -2.45. The highest BCUT2D eigenvalue weighted by Crippen LogP contribution is 2.29. The molecule has 4 nitrogen and oxygen atoms in total. The summed E-state index contributed by atoms with van der Waals surface area (Å²) in [6.07, 6.45) is 1.67. The fourth-order valence-electron chi connectivity index (χ4n) is 1.67. The molecule has 0 spiro atoms. The molecule has 0 saturated heterocycles. The Bertz CT molecular complexity index is 642. The lowest BCUT2D eigenvalue weighted by Crippen LogP contribution is -1.95. The fourth-order valence-corrected chi connectivity index (χ4v) is 2.32. The number of benzene rings is 1. The molecular formula is C15H14N2O2S. The highest BCUT2D eigenvalue weighted by Gasteiger charge is 2.05. The molecule has 0 unspecified atom stereocenters. The molecule has 20 heavy (non-hydrogen) atoms. The smallest absolute Gasteiger partial charge is 0.145 e. The molecule has 1 heterocycles. The van der Waals surface area contributed by atoms with E-state index in [9.17, 15) is 5.26 Å². The van der Waals surface area contributed by atoms with Gasteiger partial charge in [0.25, 0.3) is 0 Å². The van der Waals surface area contributed by atoms with E-state index in [2.05, 4.69) is 11.4 Å². The van der Waals surface area contributed by atoms with Gasteiger partial charge in [-0.2, -0.15) is 16.6 Å². The summed E-state index contributed by atoms with van der Waals surface area (Å²) < 4.78 is 10.4. The number of ether oxygens (including phenoxy) is 2. The molecule has 0 bridgehead atoms. The molecular weight excluding hydrogens is 272 g/mol. The Labute approximate surface area is 121 Å². The molecule has 0 atom stereocenters. The standard InChI is InChI=1S/C15H14N2O2S/c1-18-13-3-4-14(15(7-13)19-2)17-9-12(8-16)11-5-6-20-10-11/h3-7,9-10,17H,1-2H3. The Morgan fingerprint density at radius 1 is 1.30 bits per heavy atom. The van der Waals surface area contributed by atoms with Crippen molar-refractivity contribution in [2.45, 2.75) is 0 Å². The molecule has 5 heteroatoms. The van der Waals surface area contributed by atoms with Crippen molar-refractivity contribution in [3.8, 4) is 17.6 Å². The van der Waals surface area contributed by atoms with Crippen LogP contribution in [0.5, 0.6) is 11.5 Å². The highest BCUT2D eigenvalue weighted by molar-refractivity contribution is 7.08. The van der Waals surface area contributed by atoms with Gasteiger partial charge in [-0.1, -0.05) is 0 Å². The van der Waals surface area contributed by atoms with Crippen LogP contribution in [0.25, 0.3) is 5.57 Å². The van der Waals surface area contributed by atoms with Crippen LogP contribution >= 0.6 is 11.3 Å². The van der Waals surface area contributed by atoms with Gasteiger partial charge in [0.2, 0.25) is 0 Å². The number of allylic oxidation sites excluding steroid dienone is 1. The minimum Gasteiger partial charge on any atom is -0.497 e. The molecule has 0 saturated carbocycles. The van der Waals surface area contributed by atoms with Gasteiger partial charge < -0.3 is 14.8 Å². The van der Waals surface area contributed by atoms with Crippen LogP contribution in [0.4, 0.5) is 5.69 Å². The molecule has 2 aromatic rings. The summed E-state index contributed by atoms with van der Waals surface area (Å²) in [5.74, 6) is 1.37. The summed E-state index contributed by atoms with van der Waals surface area (Å²) in [7, 11) is 3.19. The van der Waals surface area contributed by atoms with Crippen LogP contribution in [0, 0.1) is 11.3 Å². The largest absolute Gasteiger partial charge is 0.497 e. The zero-order chi connectivity index (χ0) is 14.4. The van der Waals surface area contributed by atoms with Gasteiger partial charge in [-0.3, -0.25) is 0 Å².